The first-order valence-electron chi connectivity index (χ1n) is 14.3. The molecule has 10 heteroatoms. The van der Waals surface area contributed by atoms with E-state index in [0.29, 0.717) is 6.42 Å². The molecule has 1 aliphatic carbocycles. The zero-order valence-electron chi connectivity index (χ0n) is 23.9. The number of sulfonamides is 1. The molecular formula is C32H37Cl2N3O4S. The molecule has 0 aliphatic heterocycles. The first kappa shape index (κ1) is 31.9. The first-order chi connectivity index (χ1) is 20.1. The van der Waals surface area contributed by atoms with E-state index in [1.807, 2.05) is 38.1 Å². The van der Waals surface area contributed by atoms with Gasteiger partial charge in [-0.15, -0.1) is 0 Å². The monoisotopic (exact) mass is 629 g/mol. The van der Waals surface area contributed by atoms with Crippen LogP contribution in [0.5, 0.6) is 0 Å². The molecule has 0 heterocycles. The van der Waals surface area contributed by atoms with Gasteiger partial charge in [-0.1, -0.05) is 97.9 Å². The van der Waals surface area contributed by atoms with Gasteiger partial charge in [-0.2, -0.15) is 0 Å². The van der Waals surface area contributed by atoms with Crippen LogP contribution in [-0.4, -0.2) is 43.8 Å². The van der Waals surface area contributed by atoms with Crippen LogP contribution < -0.4 is 9.62 Å². The summed E-state index contributed by atoms with van der Waals surface area (Å²) in [5.41, 5.74) is 1.91. The molecule has 7 nitrogen and oxygen atoms in total. The Morgan fingerprint density at radius 3 is 2.26 bits per heavy atom. The van der Waals surface area contributed by atoms with Crippen LogP contribution in [0.3, 0.4) is 0 Å². The number of carbonyl (C=O) groups excluding carboxylic acids is 2. The molecule has 4 rings (SSSR count). The van der Waals surface area contributed by atoms with Crippen LogP contribution in [0.2, 0.25) is 10.0 Å². The van der Waals surface area contributed by atoms with E-state index in [-0.39, 0.29) is 39.1 Å². The predicted octanol–water partition coefficient (Wildman–Crippen LogP) is 6.75. The van der Waals surface area contributed by atoms with Gasteiger partial charge in [0.05, 0.1) is 20.6 Å². The fourth-order valence-corrected chi connectivity index (χ4v) is 7.25. The minimum absolute atomic E-state index is 0.00128. The van der Waals surface area contributed by atoms with Gasteiger partial charge >= 0.3 is 0 Å². The Morgan fingerprint density at radius 2 is 1.60 bits per heavy atom. The highest BCUT2D eigenvalue weighted by atomic mass is 35.5. The molecule has 1 unspecified atom stereocenters. The zero-order chi connectivity index (χ0) is 30.3. The van der Waals surface area contributed by atoms with Crippen LogP contribution in [0, 0.1) is 6.92 Å². The highest BCUT2D eigenvalue weighted by Gasteiger charge is 2.35. The summed E-state index contributed by atoms with van der Waals surface area (Å²) >= 11 is 12.8. The molecule has 42 heavy (non-hydrogen) atoms. The lowest BCUT2D eigenvalue weighted by Gasteiger charge is -2.35. The topological polar surface area (TPSA) is 86.8 Å². The first-order valence-corrected chi connectivity index (χ1v) is 16.5. The van der Waals surface area contributed by atoms with Crippen molar-refractivity contribution in [1.29, 1.82) is 0 Å². The van der Waals surface area contributed by atoms with Crippen LogP contribution in [0.15, 0.2) is 77.7 Å². The van der Waals surface area contributed by atoms with Crippen LogP contribution >= 0.6 is 23.2 Å². The predicted molar refractivity (Wildman–Crippen MR) is 168 cm³/mol. The average Bonchev–Trinajstić information content (AvgIpc) is 2.99. The SMILES string of the molecule is CCC(C(=O)NC1CCCCC1)N(Cc1ccccc1C)C(=O)CN(c1cccc(Cl)c1Cl)S(=O)(=O)c1ccccc1. The summed E-state index contributed by atoms with van der Waals surface area (Å²) in [7, 11) is -4.24. The number of carbonyl (C=O) groups is 2. The number of rotatable bonds is 11. The summed E-state index contributed by atoms with van der Waals surface area (Å²) in [6.07, 6.45) is 5.44. The van der Waals surface area contributed by atoms with Crippen molar-refractivity contribution in [1.82, 2.24) is 10.2 Å². The van der Waals surface area contributed by atoms with E-state index < -0.39 is 28.5 Å². The molecule has 3 aromatic rings. The summed E-state index contributed by atoms with van der Waals surface area (Å²) in [5, 5.41) is 3.33. The summed E-state index contributed by atoms with van der Waals surface area (Å²) in [5.74, 6) is -0.760. The third-order valence-electron chi connectivity index (χ3n) is 7.75. The quantitative estimate of drug-likeness (QED) is 0.254. The van der Waals surface area contributed by atoms with Gasteiger partial charge in [-0.05, 0) is 61.6 Å². The van der Waals surface area contributed by atoms with Gasteiger partial charge in [0.15, 0.2) is 0 Å². The van der Waals surface area contributed by atoms with E-state index in [1.54, 1.807) is 30.3 Å². The van der Waals surface area contributed by atoms with Crippen LogP contribution in [0.25, 0.3) is 0 Å². The lowest BCUT2D eigenvalue weighted by molar-refractivity contribution is -0.140. The molecule has 2 amide bonds. The standard InChI is InChI=1S/C32H37Cl2N3O4S/c1-3-28(32(39)35-25-15-6-4-7-16-25)36(21-24-14-11-10-13-23(24)2)30(38)22-37(29-20-12-19-27(33)31(29)34)42(40,41)26-17-8-5-9-18-26/h5,8-14,17-20,25,28H,3-4,6-7,15-16,21-22H2,1-2H3,(H,35,39). The number of hydrogen-bond acceptors (Lipinski definition) is 4. The number of nitrogens with zero attached hydrogens (tertiary/aromatic N) is 2. The number of anilines is 1. The van der Waals surface area contributed by atoms with Crippen molar-refractivity contribution < 1.29 is 18.0 Å². The molecule has 1 saturated carbocycles. The Kier molecular flexibility index (Phi) is 10.9. The fraction of sp³-hybridized carbons (Fsp3) is 0.375. The van der Waals surface area contributed by atoms with Crippen molar-refractivity contribution in [2.45, 2.75) is 75.9 Å². The number of amides is 2. The highest BCUT2D eigenvalue weighted by molar-refractivity contribution is 7.92. The summed E-state index contributed by atoms with van der Waals surface area (Å²) in [6.45, 7) is 3.37. The Bertz CT molecular complexity index is 1490. The summed E-state index contributed by atoms with van der Waals surface area (Å²) < 4.78 is 28.9. The number of hydrogen-bond donors (Lipinski definition) is 1. The zero-order valence-corrected chi connectivity index (χ0v) is 26.3. The molecule has 0 spiro atoms. The smallest absolute Gasteiger partial charge is 0.264 e. The van der Waals surface area contributed by atoms with E-state index in [1.165, 1.54) is 23.1 Å². The molecule has 224 valence electrons. The Morgan fingerprint density at radius 1 is 0.929 bits per heavy atom. The number of benzene rings is 3. The second-order valence-corrected chi connectivity index (χ2v) is 13.3. The van der Waals surface area contributed by atoms with Crippen molar-refractivity contribution in [2.75, 3.05) is 10.8 Å². The average molecular weight is 631 g/mol. The van der Waals surface area contributed by atoms with Crippen molar-refractivity contribution in [3.8, 4) is 0 Å². The number of nitrogens with one attached hydrogen (secondary N) is 1. The largest absolute Gasteiger partial charge is 0.352 e. The Labute approximate surface area is 258 Å². The van der Waals surface area contributed by atoms with Crippen molar-refractivity contribution in [3.63, 3.8) is 0 Å². The maximum Gasteiger partial charge on any atom is 0.264 e. The second kappa shape index (κ2) is 14.4. The molecule has 3 aromatic carbocycles. The molecule has 1 N–H and O–H groups in total. The van der Waals surface area contributed by atoms with Gasteiger partial charge in [0.25, 0.3) is 10.0 Å². The summed E-state index contributed by atoms with van der Waals surface area (Å²) in [4.78, 5) is 29.4. The Balaban J connectivity index is 1.74. The van der Waals surface area contributed by atoms with Crippen molar-refractivity contribution >= 4 is 50.7 Å². The molecule has 1 aliphatic rings. The van der Waals surface area contributed by atoms with Crippen LogP contribution in [0.1, 0.15) is 56.6 Å². The van der Waals surface area contributed by atoms with Crippen LogP contribution in [-0.2, 0) is 26.2 Å². The fourth-order valence-electron chi connectivity index (χ4n) is 5.35. The third-order valence-corrected chi connectivity index (χ3v) is 10.3. The highest BCUT2D eigenvalue weighted by Crippen LogP contribution is 2.35. The normalized spacial score (nSPS) is 14.7. The Hall–Kier alpha value is -3.07. The lowest BCUT2D eigenvalue weighted by atomic mass is 9.95. The third kappa shape index (κ3) is 7.46. The van der Waals surface area contributed by atoms with Gasteiger partial charge in [0.1, 0.15) is 12.6 Å². The van der Waals surface area contributed by atoms with Crippen molar-refractivity contribution in [2.24, 2.45) is 0 Å². The van der Waals surface area contributed by atoms with E-state index >= 15 is 0 Å². The van der Waals surface area contributed by atoms with E-state index in [9.17, 15) is 18.0 Å². The van der Waals surface area contributed by atoms with Crippen LogP contribution in [0.4, 0.5) is 5.69 Å². The van der Waals surface area contributed by atoms with Gasteiger partial charge in [-0.25, -0.2) is 8.42 Å². The molecule has 0 bridgehead atoms. The molecule has 1 atom stereocenters. The molecule has 0 aromatic heterocycles. The number of aryl methyl sites for hydroxylation is 1. The lowest BCUT2D eigenvalue weighted by Crippen LogP contribution is -2.54. The van der Waals surface area contributed by atoms with E-state index in [0.717, 1.165) is 47.5 Å². The van der Waals surface area contributed by atoms with Gasteiger partial charge in [-0.3, -0.25) is 13.9 Å². The van der Waals surface area contributed by atoms with Gasteiger partial charge in [0.2, 0.25) is 11.8 Å². The molecule has 0 saturated heterocycles. The van der Waals surface area contributed by atoms with E-state index in [2.05, 4.69) is 5.32 Å². The molecule has 1 fully saturated rings. The van der Waals surface area contributed by atoms with Gasteiger partial charge < -0.3 is 10.2 Å². The second-order valence-electron chi connectivity index (χ2n) is 10.6. The maximum atomic E-state index is 14.3. The number of halogens is 2. The van der Waals surface area contributed by atoms with Crippen molar-refractivity contribution in [3.05, 3.63) is 94.0 Å². The minimum atomic E-state index is -4.24. The minimum Gasteiger partial charge on any atom is -0.352 e. The molecular weight excluding hydrogens is 593 g/mol. The summed E-state index contributed by atoms with van der Waals surface area (Å²) in [6, 6.07) is 19.4. The van der Waals surface area contributed by atoms with Gasteiger partial charge in [0, 0.05) is 12.6 Å². The van der Waals surface area contributed by atoms with E-state index in [4.69, 9.17) is 23.2 Å². The molecule has 0 radical (unpaired) electrons. The maximum absolute atomic E-state index is 14.3.